The first kappa shape index (κ1) is 19.1. The standard InChI is InChI=1S/C21H23Cl2NO2/c1-2-13-26-19-10-9-17(14-18(19)23)24-20(25)21(11-3-4-12-21)15-5-7-16(22)8-6-15/h5-10,14H,2-4,11-13H2,1H3,(H,24,25). The lowest BCUT2D eigenvalue weighted by atomic mass is 9.78. The molecule has 3 nitrogen and oxygen atoms in total. The van der Waals surface area contributed by atoms with Crippen molar-refractivity contribution in [2.24, 2.45) is 0 Å². The number of halogens is 2. The fourth-order valence-electron chi connectivity index (χ4n) is 3.55. The lowest BCUT2D eigenvalue weighted by molar-refractivity contribution is -0.121. The molecule has 5 heteroatoms. The maximum atomic E-state index is 13.2. The zero-order chi connectivity index (χ0) is 18.6. The molecule has 2 aromatic carbocycles. The second kappa shape index (κ2) is 8.32. The highest BCUT2D eigenvalue weighted by Crippen LogP contribution is 2.42. The van der Waals surface area contributed by atoms with Crippen LogP contribution in [0.3, 0.4) is 0 Å². The molecule has 0 spiro atoms. The highest BCUT2D eigenvalue weighted by atomic mass is 35.5. The van der Waals surface area contributed by atoms with Crippen molar-refractivity contribution in [3.8, 4) is 5.75 Å². The monoisotopic (exact) mass is 391 g/mol. The van der Waals surface area contributed by atoms with Crippen molar-refractivity contribution in [3.05, 3.63) is 58.1 Å². The molecule has 0 atom stereocenters. The predicted octanol–water partition coefficient (Wildman–Crippen LogP) is 6.23. The molecule has 0 aliphatic heterocycles. The Morgan fingerprint density at radius 2 is 1.81 bits per heavy atom. The largest absolute Gasteiger partial charge is 0.492 e. The minimum Gasteiger partial charge on any atom is -0.492 e. The average molecular weight is 392 g/mol. The van der Waals surface area contributed by atoms with Gasteiger partial charge in [-0.2, -0.15) is 0 Å². The number of anilines is 1. The first-order chi connectivity index (χ1) is 12.5. The molecule has 1 saturated carbocycles. The summed E-state index contributed by atoms with van der Waals surface area (Å²) in [6, 6.07) is 13.0. The summed E-state index contributed by atoms with van der Waals surface area (Å²) in [6.07, 6.45) is 4.68. The van der Waals surface area contributed by atoms with E-state index in [-0.39, 0.29) is 5.91 Å². The molecular formula is C21H23Cl2NO2. The molecular weight excluding hydrogens is 369 g/mol. The number of ether oxygens (including phenoxy) is 1. The fourth-order valence-corrected chi connectivity index (χ4v) is 3.91. The molecule has 1 N–H and O–H groups in total. The Morgan fingerprint density at radius 3 is 2.42 bits per heavy atom. The minimum absolute atomic E-state index is 0.00983. The molecule has 138 valence electrons. The summed E-state index contributed by atoms with van der Waals surface area (Å²) in [6.45, 7) is 2.66. The molecule has 0 unspecified atom stereocenters. The van der Waals surface area contributed by atoms with Crippen LogP contribution in [0.2, 0.25) is 10.0 Å². The third-order valence-corrected chi connectivity index (χ3v) is 5.49. The van der Waals surface area contributed by atoms with Gasteiger partial charge in [-0.1, -0.05) is 55.1 Å². The zero-order valence-corrected chi connectivity index (χ0v) is 16.4. The van der Waals surface area contributed by atoms with Crippen LogP contribution in [-0.2, 0) is 10.2 Å². The third-order valence-electron chi connectivity index (χ3n) is 4.94. The van der Waals surface area contributed by atoms with E-state index in [4.69, 9.17) is 27.9 Å². The quantitative estimate of drug-likeness (QED) is 0.633. The average Bonchev–Trinajstić information content (AvgIpc) is 3.13. The molecule has 1 aliphatic carbocycles. The van der Waals surface area contributed by atoms with Crippen molar-refractivity contribution in [2.45, 2.75) is 44.4 Å². The van der Waals surface area contributed by atoms with E-state index in [1.165, 1.54) is 0 Å². The van der Waals surface area contributed by atoms with Crippen molar-refractivity contribution in [1.29, 1.82) is 0 Å². The van der Waals surface area contributed by atoms with Gasteiger partial charge < -0.3 is 10.1 Å². The Balaban J connectivity index is 1.81. The molecule has 0 radical (unpaired) electrons. The van der Waals surface area contributed by atoms with Crippen LogP contribution in [0.5, 0.6) is 5.75 Å². The van der Waals surface area contributed by atoms with E-state index in [9.17, 15) is 4.79 Å². The summed E-state index contributed by atoms with van der Waals surface area (Å²) in [5.41, 5.74) is 1.20. The Labute approximate surface area is 164 Å². The molecule has 3 rings (SSSR count). The lowest BCUT2D eigenvalue weighted by Crippen LogP contribution is -2.37. The van der Waals surface area contributed by atoms with Crippen LogP contribution in [0, 0.1) is 0 Å². The van der Waals surface area contributed by atoms with Gasteiger partial charge in [-0.3, -0.25) is 4.79 Å². The van der Waals surface area contributed by atoms with Crippen LogP contribution in [0.1, 0.15) is 44.6 Å². The second-order valence-electron chi connectivity index (χ2n) is 6.74. The maximum absolute atomic E-state index is 13.2. The Kier molecular flexibility index (Phi) is 6.10. The van der Waals surface area contributed by atoms with E-state index in [1.54, 1.807) is 12.1 Å². The summed E-state index contributed by atoms with van der Waals surface area (Å²) in [5.74, 6) is 0.649. The van der Waals surface area contributed by atoms with Gasteiger partial charge in [0.2, 0.25) is 5.91 Å². The minimum atomic E-state index is -0.506. The highest BCUT2D eigenvalue weighted by Gasteiger charge is 2.42. The maximum Gasteiger partial charge on any atom is 0.235 e. The Morgan fingerprint density at radius 1 is 1.12 bits per heavy atom. The number of nitrogens with one attached hydrogen (secondary N) is 1. The van der Waals surface area contributed by atoms with Gasteiger partial charge in [0.1, 0.15) is 5.75 Å². The van der Waals surface area contributed by atoms with E-state index in [2.05, 4.69) is 5.32 Å². The summed E-state index contributed by atoms with van der Waals surface area (Å²) >= 11 is 12.3. The van der Waals surface area contributed by atoms with E-state index in [0.717, 1.165) is 37.7 Å². The van der Waals surface area contributed by atoms with Gasteiger partial charge in [-0.25, -0.2) is 0 Å². The molecule has 2 aromatic rings. The van der Waals surface area contributed by atoms with Gasteiger partial charge in [-0.15, -0.1) is 0 Å². The first-order valence-electron chi connectivity index (χ1n) is 9.05. The molecule has 0 heterocycles. The van der Waals surface area contributed by atoms with Crippen LogP contribution in [-0.4, -0.2) is 12.5 Å². The van der Waals surface area contributed by atoms with E-state index < -0.39 is 5.41 Å². The van der Waals surface area contributed by atoms with Crippen molar-refractivity contribution >= 4 is 34.8 Å². The summed E-state index contributed by atoms with van der Waals surface area (Å²) in [5, 5.41) is 4.23. The van der Waals surface area contributed by atoms with Gasteiger partial charge in [-0.05, 0) is 55.2 Å². The number of amides is 1. The molecule has 1 fully saturated rings. The molecule has 1 aliphatic rings. The van der Waals surface area contributed by atoms with Gasteiger partial charge in [0.05, 0.1) is 17.0 Å². The number of carbonyl (C=O) groups is 1. The Hall–Kier alpha value is -1.71. The lowest BCUT2D eigenvalue weighted by Gasteiger charge is -2.28. The first-order valence-corrected chi connectivity index (χ1v) is 9.80. The normalized spacial score (nSPS) is 15.7. The van der Waals surface area contributed by atoms with E-state index in [0.29, 0.717) is 28.1 Å². The smallest absolute Gasteiger partial charge is 0.235 e. The van der Waals surface area contributed by atoms with E-state index in [1.807, 2.05) is 37.3 Å². The number of carbonyl (C=O) groups excluding carboxylic acids is 1. The van der Waals surface area contributed by atoms with Crippen LogP contribution in [0.25, 0.3) is 0 Å². The summed E-state index contributed by atoms with van der Waals surface area (Å²) in [7, 11) is 0. The number of hydrogen-bond donors (Lipinski definition) is 1. The molecule has 0 aromatic heterocycles. The predicted molar refractivity (Wildman–Crippen MR) is 107 cm³/mol. The van der Waals surface area contributed by atoms with Gasteiger partial charge >= 0.3 is 0 Å². The van der Waals surface area contributed by atoms with E-state index >= 15 is 0 Å². The van der Waals surface area contributed by atoms with Crippen molar-refractivity contribution in [2.75, 3.05) is 11.9 Å². The SMILES string of the molecule is CCCOc1ccc(NC(=O)C2(c3ccc(Cl)cc3)CCCC2)cc1Cl. The summed E-state index contributed by atoms with van der Waals surface area (Å²) < 4.78 is 5.59. The second-order valence-corrected chi connectivity index (χ2v) is 7.59. The van der Waals surface area contributed by atoms with Gasteiger partial charge in [0.15, 0.2) is 0 Å². The number of hydrogen-bond acceptors (Lipinski definition) is 2. The van der Waals surface area contributed by atoms with Gasteiger partial charge in [0.25, 0.3) is 0 Å². The molecule has 0 bridgehead atoms. The van der Waals surface area contributed by atoms with Crippen LogP contribution in [0.15, 0.2) is 42.5 Å². The molecule has 1 amide bonds. The van der Waals surface area contributed by atoms with Crippen LogP contribution < -0.4 is 10.1 Å². The third kappa shape index (κ3) is 3.99. The number of benzene rings is 2. The van der Waals surface area contributed by atoms with Crippen LogP contribution in [0.4, 0.5) is 5.69 Å². The molecule has 26 heavy (non-hydrogen) atoms. The topological polar surface area (TPSA) is 38.3 Å². The molecule has 0 saturated heterocycles. The van der Waals surface area contributed by atoms with Gasteiger partial charge in [0, 0.05) is 10.7 Å². The van der Waals surface area contributed by atoms with Crippen LogP contribution >= 0.6 is 23.2 Å². The zero-order valence-electron chi connectivity index (χ0n) is 14.9. The highest BCUT2D eigenvalue weighted by molar-refractivity contribution is 6.32. The Bertz CT molecular complexity index is 768. The van der Waals surface area contributed by atoms with Crippen molar-refractivity contribution in [3.63, 3.8) is 0 Å². The van der Waals surface area contributed by atoms with Crippen molar-refractivity contribution < 1.29 is 9.53 Å². The summed E-state index contributed by atoms with van der Waals surface area (Å²) in [4.78, 5) is 13.2. The fraction of sp³-hybridized carbons (Fsp3) is 0.381. The van der Waals surface area contributed by atoms with Crippen molar-refractivity contribution in [1.82, 2.24) is 0 Å². The number of rotatable bonds is 6.